The molecule has 1 aromatic rings. The molecule has 1 N–H and O–H groups in total. The van der Waals surface area contributed by atoms with Crippen molar-refractivity contribution in [2.45, 2.75) is 37.1 Å². The highest BCUT2D eigenvalue weighted by Crippen LogP contribution is 2.18. The maximum absolute atomic E-state index is 12.9. The normalized spacial score (nSPS) is 20.2. The zero-order valence-electron chi connectivity index (χ0n) is 11.7. The number of sulfonamides is 1. The van der Waals surface area contributed by atoms with Gasteiger partial charge in [-0.3, -0.25) is 0 Å². The van der Waals surface area contributed by atoms with E-state index in [4.69, 9.17) is 0 Å². The smallest absolute Gasteiger partial charge is 0.243 e. The van der Waals surface area contributed by atoms with Crippen molar-refractivity contribution in [2.24, 2.45) is 0 Å². The van der Waals surface area contributed by atoms with Crippen molar-refractivity contribution < 1.29 is 12.8 Å². The molecule has 20 heavy (non-hydrogen) atoms. The second-order valence-electron chi connectivity index (χ2n) is 5.06. The molecule has 2 rings (SSSR count). The molecule has 1 heterocycles. The van der Waals surface area contributed by atoms with Gasteiger partial charge in [0, 0.05) is 19.1 Å². The minimum Gasteiger partial charge on any atom is -0.313 e. The van der Waals surface area contributed by atoms with E-state index in [9.17, 15) is 12.8 Å². The highest BCUT2D eigenvalue weighted by molar-refractivity contribution is 7.89. The number of hydrogen-bond donors (Lipinski definition) is 1. The van der Waals surface area contributed by atoms with Crippen molar-refractivity contribution in [1.29, 1.82) is 0 Å². The Hall–Kier alpha value is -0.980. The number of halogens is 1. The van der Waals surface area contributed by atoms with Gasteiger partial charge >= 0.3 is 0 Å². The molecule has 1 atom stereocenters. The van der Waals surface area contributed by atoms with Crippen molar-refractivity contribution in [3.8, 4) is 0 Å². The fraction of sp³-hybridized carbons (Fsp3) is 0.571. The largest absolute Gasteiger partial charge is 0.313 e. The van der Waals surface area contributed by atoms with Crippen LogP contribution in [0.15, 0.2) is 29.2 Å². The molecule has 112 valence electrons. The Morgan fingerprint density at radius 1 is 1.30 bits per heavy atom. The first-order chi connectivity index (χ1) is 9.54. The number of hydrogen-bond acceptors (Lipinski definition) is 3. The van der Waals surface area contributed by atoms with E-state index in [2.05, 4.69) is 5.32 Å². The minimum atomic E-state index is -3.54. The van der Waals surface area contributed by atoms with Crippen molar-refractivity contribution in [2.75, 3.05) is 19.6 Å². The monoisotopic (exact) mass is 300 g/mol. The van der Waals surface area contributed by atoms with Crippen LogP contribution in [0.1, 0.15) is 26.2 Å². The molecule has 0 bridgehead atoms. The zero-order valence-corrected chi connectivity index (χ0v) is 12.5. The molecule has 0 saturated carbocycles. The predicted octanol–water partition coefficient (Wildman–Crippen LogP) is 1.98. The molecule has 4 nitrogen and oxygen atoms in total. The summed E-state index contributed by atoms with van der Waals surface area (Å²) in [6.07, 6.45) is 3.27. The van der Waals surface area contributed by atoms with Crippen molar-refractivity contribution in [3.05, 3.63) is 30.1 Å². The third-order valence-corrected chi connectivity index (χ3v) is 5.60. The van der Waals surface area contributed by atoms with Gasteiger partial charge in [0.2, 0.25) is 10.0 Å². The summed E-state index contributed by atoms with van der Waals surface area (Å²) in [5.74, 6) is -0.430. The first-order valence-electron chi connectivity index (χ1n) is 7.03. The number of benzene rings is 1. The van der Waals surface area contributed by atoms with Crippen LogP contribution in [-0.2, 0) is 10.0 Å². The van der Waals surface area contributed by atoms with Gasteiger partial charge in [0.05, 0.1) is 4.90 Å². The summed E-state index contributed by atoms with van der Waals surface area (Å²) in [6.45, 7) is 3.65. The second-order valence-corrected chi connectivity index (χ2v) is 6.99. The standard InChI is InChI=1S/C14H21FN2O2S/c1-2-17(11-13-5-3-4-10-16-13)20(18,19)14-8-6-12(15)7-9-14/h6-9,13,16H,2-5,10-11H2,1H3. The maximum atomic E-state index is 12.9. The van der Waals surface area contributed by atoms with E-state index in [-0.39, 0.29) is 10.9 Å². The molecule has 1 aliphatic heterocycles. The van der Waals surface area contributed by atoms with Crippen molar-refractivity contribution >= 4 is 10.0 Å². The first-order valence-corrected chi connectivity index (χ1v) is 8.47. The Labute approximate surface area is 120 Å². The Balaban J connectivity index is 2.14. The fourth-order valence-corrected chi connectivity index (χ4v) is 3.97. The average molecular weight is 300 g/mol. The van der Waals surface area contributed by atoms with Gasteiger partial charge < -0.3 is 5.32 Å². The molecule has 1 aromatic carbocycles. The lowest BCUT2D eigenvalue weighted by Gasteiger charge is -2.29. The van der Waals surface area contributed by atoms with Crippen LogP contribution in [0.25, 0.3) is 0 Å². The molecule has 0 radical (unpaired) electrons. The van der Waals surface area contributed by atoms with E-state index < -0.39 is 15.8 Å². The summed E-state index contributed by atoms with van der Waals surface area (Å²) in [7, 11) is -3.54. The predicted molar refractivity (Wildman–Crippen MR) is 76.5 cm³/mol. The van der Waals surface area contributed by atoms with Gasteiger partial charge in [0.25, 0.3) is 0 Å². The highest BCUT2D eigenvalue weighted by atomic mass is 32.2. The molecular formula is C14H21FN2O2S. The SMILES string of the molecule is CCN(CC1CCCCN1)S(=O)(=O)c1ccc(F)cc1. The number of piperidine rings is 1. The van der Waals surface area contributed by atoms with Crippen molar-refractivity contribution in [3.63, 3.8) is 0 Å². The highest BCUT2D eigenvalue weighted by Gasteiger charge is 2.26. The van der Waals surface area contributed by atoms with E-state index in [0.29, 0.717) is 13.1 Å². The quantitative estimate of drug-likeness (QED) is 0.904. The summed E-state index contributed by atoms with van der Waals surface area (Å²) in [6, 6.07) is 5.21. The van der Waals surface area contributed by atoms with E-state index in [1.165, 1.54) is 28.6 Å². The zero-order chi connectivity index (χ0) is 14.6. The molecule has 0 aliphatic carbocycles. The molecule has 1 unspecified atom stereocenters. The van der Waals surface area contributed by atoms with Crippen LogP contribution < -0.4 is 5.32 Å². The Bertz CT molecular complexity index is 525. The lowest BCUT2D eigenvalue weighted by molar-refractivity contribution is 0.319. The van der Waals surface area contributed by atoms with E-state index in [1.807, 2.05) is 6.92 Å². The van der Waals surface area contributed by atoms with Gasteiger partial charge in [0.1, 0.15) is 5.82 Å². The first kappa shape index (κ1) is 15.4. The van der Waals surface area contributed by atoms with E-state index in [0.717, 1.165) is 25.8 Å². The Morgan fingerprint density at radius 3 is 2.55 bits per heavy atom. The van der Waals surface area contributed by atoms with Crippen LogP contribution in [0, 0.1) is 5.82 Å². The van der Waals surface area contributed by atoms with E-state index in [1.54, 1.807) is 0 Å². The van der Waals surface area contributed by atoms with Crippen LogP contribution in [0.2, 0.25) is 0 Å². The molecule has 1 saturated heterocycles. The van der Waals surface area contributed by atoms with Crippen LogP contribution in [0.4, 0.5) is 4.39 Å². The minimum absolute atomic E-state index is 0.150. The van der Waals surface area contributed by atoms with E-state index >= 15 is 0 Å². The molecule has 0 amide bonds. The summed E-state index contributed by atoms with van der Waals surface area (Å²) in [5, 5.41) is 3.35. The molecule has 1 fully saturated rings. The van der Waals surface area contributed by atoms with Gasteiger partial charge in [-0.1, -0.05) is 13.3 Å². The molecule has 0 spiro atoms. The third kappa shape index (κ3) is 3.56. The number of nitrogens with one attached hydrogen (secondary N) is 1. The number of nitrogens with zero attached hydrogens (tertiary/aromatic N) is 1. The van der Waals surface area contributed by atoms with Gasteiger partial charge in [-0.05, 0) is 43.7 Å². The van der Waals surface area contributed by atoms with Gasteiger partial charge in [-0.2, -0.15) is 4.31 Å². The molecular weight excluding hydrogens is 279 g/mol. The van der Waals surface area contributed by atoms with Crippen molar-refractivity contribution in [1.82, 2.24) is 9.62 Å². The lowest BCUT2D eigenvalue weighted by atomic mass is 10.1. The molecule has 6 heteroatoms. The molecule has 0 aromatic heterocycles. The third-order valence-electron chi connectivity index (χ3n) is 3.64. The second kappa shape index (κ2) is 6.65. The number of likely N-dealkylation sites (N-methyl/N-ethyl adjacent to an activating group) is 1. The van der Waals surface area contributed by atoms with Gasteiger partial charge in [-0.25, -0.2) is 12.8 Å². The number of rotatable bonds is 5. The maximum Gasteiger partial charge on any atom is 0.243 e. The summed E-state index contributed by atoms with van der Waals surface area (Å²) >= 11 is 0. The Morgan fingerprint density at radius 2 is 2.00 bits per heavy atom. The molecule has 1 aliphatic rings. The fourth-order valence-electron chi connectivity index (χ4n) is 2.48. The van der Waals surface area contributed by atoms with Crippen LogP contribution in [0.5, 0.6) is 0 Å². The van der Waals surface area contributed by atoms with Crippen LogP contribution >= 0.6 is 0 Å². The average Bonchev–Trinajstić information content (AvgIpc) is 2.46. The van der Waals surface area contributed by atoms with Gasteiger partial charge in [-0.15, -0.1) is 0 Å². The van der Waals surface area contributed by atoms with Gasteiger partial charge in [0.15, 0.2) is 0 Å². The Kier molecular flexibility index (Phi) is 5.12. The summed E-state index contributed by atoms with van der Waals surface area (Å²) in [5.41, 5.74) is 0. The topological polar surface area (TPSA) is 49.4 Å². The van der Waals surface area contributed by atoms with Crippen LogP contribution in [0.3, 0.4) is 0 Å². The summed E-state index contributed by atoms with van der Waals surface area (Å²) < 4.78 is 39.4. The lowest BCUT2D eigenvalue weighted by Crippen LogP contribution is -2.45. The summed E-state index contributed by atoms with van der Waals surface area (Å²) in [4.78, 5) is 0.150. The van der Waals surface area contributed by atoms with Crippen LogP contribution in [-0.4, -0.2) is 38.4 Å².